The minimum atomic E-state index is 0.258. The summed E-state index contributed by atoms with van der Waals surface area (Å²) in [7, 11) is 0. The summed E-state index contributed by atoms with van der Waals surface area (Å²) in [6, 6.07) is 4.58. The maximum atomic E-state index is 5.76. The molecular weight excluding hydrogens is 220 g/mol. The summed E-state index contributed by atoms with van der Waals surface area (Å²) in [5.74, 6) is 0. The fourth-order valence-electron chi connectivity index (χ4n) is 1.36. The van der Waals surface area contributed by atoms with Gasteiger partial charge in [-0.05, 0) is 30.9 Å². The van der Waals surface area contributed by atoms with E-state index in [0.717, 1.165) is 0 Å². The van der Waals surface area contributed by atoms with Gasteiger partial charge in [0.1, 0.15) is 5.15 Å². The predicted octanol–water partition coefficient (Wildman–Crippen LogP) is 3.82. The Morgan fingerprint density at radius 1 is 1.25 bits per heavy atom. The van der Waals surface area contributed by atoms with Crippen LogP contribution in [0.15, 0.2) is 18.3 Å². The van der Waals surface area contributed by atoms with Gasteiger partial charge in [0.15, 0.2) is 0 Å². The van der Waals surface area contributed by atoms with Crippen molar-refractivity contribution in [1.82, 2.24) is 10.3 Å². The average molecular weight is 241 g/mol. The summed E-state index contributed by atoms with van der Waals surface area (Å²) in [5, 5.41) is 4.11. The van der Waals surface area contributed by atoms with Gasteiger partial charge in [0.05, 0.1) is 0 Å². The summed E-state index contributed by atoms with van der Waals surface area (Å²) in [6.45, 7) is 11.1. The fraction of sp³-hybridized carbons (Fsp3) is 0.615. The van der Waals surface area contributed by atoms with Crippen molar-refractivity contribution < 1.29 is 0 Å². The fourth-order valence-corrected chi connectivity index (χ4v) is 1.48. The molecule has 0 fully saturated rings. The lowest BCUT2D eigenvalue weighted by molar-refractivity contribution is 0.268. The van der Waals surface area contributed by atoms with Gasteiger partial charge in [-0.3, -0.25) is 0 Å². The van der Waals surface area contributed by atoms with Gasteiger partial charge in [0.2, 0.25) is 0 Å². The Kier molecular flexibility index (Phi) is 4.34. The summed E-state index contributed by atoms with van der Waals surface area (Å²) in [4.78, 5) is 4.10. The number of halogens is 1. The average Bonchev–Trinajstić information content (AvgIpc) is 2.17. The highest BCUT2D eigenvalue weighted by Gasteiger charge is 2.21. The number of rotatable bonds is 3. The molecule has 1 heterocycles. The SMILES string of the molecule is CC(NC(C)C(C)(C)C)c1ccc(Cl)nc1. The molecule has 0 bridgehead atoms. The van der Waals surface area contributed by atoms with Crippen LogP contribution in [0, 0.1) is 5.41 Å². The standard InChI is InChI=1S/C13H21ClN2/c1-9(16-10(2)13(3,4)5)11-6-7-12(14)15-8-11/h6-10,16H,1-5H3. The number of pyridine rings is 1. The van der Waals surface area contributed by atoms with E-state index in [1.165, 1.54) is 5.56 Å². The van der Waals surface area contributed by atoms with E-state index < -0.39 is 0 Å². The lowest BCUT2D eigenvalue weighted by atomic mass is 9.87. The van der Waals surface area contributed by atoms with Crippen molar-refractivity contribution in [3.63, 3.8) is 0 Å². The maximum Gasteiger partial charge on any atom is 0.129 e. The van der Waals surface area contributed by atoms with E-state index in [-0.39, 0.29) is 5.41 Å². The molecule has 0 saturated carbocycles. The monoisotopic (exact) mass is 240 g/mol. The zero-order valence-electron chi connectivity index (χ0n) is 10.7. The van der Waals surface area contributed by atoms with Gasteiger partial charge in [0.25, 0.3) is 0 Å². The van der Waals surface area contributed by atoms with Crippen LogP contribution in [0.25, 0.3) is 0 Å². The third kappa shape index (κ3) is 3.76. The Bertz CT molecular complexity index is 327. The van der Waals surface area contributed by atoms with Crippen molar-refractivity contribution in [2.45, 2.75) is 46.7 Å². The Hall–Kier alpha value is -0.600. The molecule has 0 aromatic carbocycles. The maximum absolute atomic E-state index is 5.76. The van der Waals surface area contributed by atoms with Crippen LogP contribution < -0.4 is 5.32 Å². The van der Waals surface area contributed by atoms with E-state index >= 15 is 0 Å². The van der Waals surface area contributed by atoms with Crippen molar-refractivity contribution in [3.8, 4) is 0 Å². The molecule has 16 heavy (non-hydrogen) atoms. The number of hydrogen-bond donors (Lipinski definition) is 1. The van der Waals surface area contributed by atoms with Gasteiger partial charge >= 0.3 is 0 Å². The molecule has 0 spiro atoms. The van der Waals surface area contributed by atoms with Crippen molar-refractivity contribution in [1.29, 1.82) is 0 Å². The molecule has 90 valence electrons. The van der Waals surface area contributed by atoms with E-state index in [1.807, 2.05) is 18.3 Å². The molecule has 1 aromatic rings. The molecule has 0 amide bonds. The Balaban J connectivity index is 2.65. The first-order chi connectivity index (χ1) is 7.30. The summed E-state index contributed by atoms with van der Waals surface area (Å²) in [5.41, 5.74) is 1.43. The van der Waals surface area contributed by atoms with E-state index in [9.17, 15) is 0 Å². The molecule has 0 aliphatic carbocycles. The number of nitrogens with zero attached hydrogens (tertiary/aromatic N) is 1. The van der Waals surface area contributed by atoms with Crippen LogP contribution >= 0.6 is 11.6 Å². The predicted molar refractivity (Wildman–Crippen MR) is 69.7 cm³/mol. The van der Waals surface area contributed by atoms with E-state index in [4.69, 9.17) is 11.6 Å². The third-order valence-electron chi connectivity index (χ3n) is 3.05. The lowest BCUT2D eigenvalue weighted by Crippen LogP contribution is -2.39. The molecule has 0 radical (unpaired) electrons. The third-order valence-corrected chi connectivity index (χ3v) is 3.27. The summed E-state index contributed by atoms with van der Waals surface area (Å²) < 4.78 is 0. The van der Waals surface area contributed by atoms with Crippen molar-refractivity contribution in [3.05, 3.63) is 29.0 Å². The molecule has 3 heteroatoms. The van der Waals surface area contributed by atoms with Crippen LogP contribution in [0.1, 0.15) is 46.2 Å². The van der Waals surface area contributed by atoms with Crippen molar-refractivity contribution in [2.75, 3.05) is 0 Å². The quantitative estimate of drug-likeness (QED) is 0.813. The summed E-state index contributed by atoms with van der Waals surface area (Å²) >= 11 is 5.76. The zero-order valence-corrected chi connectivity index (χ0v) is 11.5. The Morgan fingerprint density at radius 3 is 2.31 bits per heavy atom. The van der Waals surface area contributed by atoms with Crippen molar-refractivity contribution >= 4 is 11.6 Å². The van der Waals surface area contributed by atoms with Crippen LogP contribution in [0.3, 0.4) is 0 Å². The van der Waals surface area contributed by atoms with E-state index in [0.29, 0.717) is 17.2 Å². The Labute approximate surface area is 103 Å². The van der Waals surface area contributed by atoms with Gasteiger partial charge in [0, 0.05) is 18.3 Å². The molecule has 1 rings (SSSR count). The van der Waals surface area contributed by atoms with Gasteiger partial charge in [-0.1, -0.05) is 38.4 Å². The molecule has 1 aromatic heterocycles. The van der Waals surface area contributed by atoms with E-state index in [2.05, 4.69) is 44.9 Å². The second-order valence-corrected chi connectivity index (χ2v) is 5.78. The van der Waals surface area contributed by atoms with Crippen LogP contribution in [-0.2, 0) is 0 Å². The highest BCUT2D eigenvalue weighted by molar-refractivity contribution is 6.29. The number of aromatic nitrogens is 1. The molecule has 0 aliphatic rings. The first-order valence-electron chi connectivity index (χ1n) is 5.68. The van der Waals surface area contributed by atoms with Crippen LogP contribution in [0.4, 0.5) is 0 Å². The second-order valence-electron chi connectivity index (χ2n) is 5.39. The molecule has 1 N–H and O–H groups in total. The first-order valence-corrected chi connectivity index (χ1v) is 6.06. The molecule has 2 atom stereocenters. The molecule has 2 unspecified atom stereocenters. The largest absolute Gasteiger partial charge is 0.307 e. The normalized spacial score (nSPS) is 15.9. The first kappa shape index (κ1) is 13.5. The molecule has 0 aliphatic heterocycles. The summed E-state index contributed by atoms with van der Waals surface area (Å²) in [6.07, 6.45) is 1.83. The Morgan fingerprint density at radius 2 is 1.88 bits per heavy atom. The van der Waals surface area contributed by atoms with Gasteiger partial charge in [-0.25, -0.2) is 4.98 Å². The van der Waals surface area contributed by atoms with Crippen LogP contribution in [0.2, 0.25) is 5.15 Å². The minimum Gasteiger partial charge on any atom is -0.307 e. The van der Waals surface area contributed by atoms with Gasteiger partial charge in [-0.2, -0.15) is 0 Å². The number of nitrogens with one attached hydrogen (secondary N) is 1. The van der Waals surface area contributed by atoms with Gasteiger partial charge in [-0.15, -0.1) is 0 Å². The molecule has 2 nitrogen and oxygen atoms in total. The lowest BCUT2D eigenvalue weighted by Gasteiger charge is -2.31. The van der Waals surface area contributed by atoms with Gasteiger partial charge < -0.3 is 5.32 Å². The molecule has 0 saturated heterocycles. The van der Waals surface area contributed by atoms with Crippen LogP contribution in [-0.4, -0.2) is 11.0 Å². The van der Waals surface area contributed by atoms with Crippen LogP contribution in [0.5, 0.6) is 0 Å². The second kappa shape index (κ2) is 5.15. The minimum absolute atomic E-state index is 0.258. The smallest absolute Gasteiger partial charge is 0.129 e. The number of hydrogen-bond acceptors (Lipinski definition) is 2. The van der Waals surface area contributed by atoms with E-state index in [1.54, 1.807) is 0 Å². The highest BCUT2D eigenvalue weighted by atomic mass is 35.5. The topological polar surface area (TPSA) is 24.9 Å². The highest BCUT2D eigenvalue weighted by Crippen LogP contribution is 2.22. The zero-order chi connectivity index (χ0) is 12.3. The molecular formula is C13H21ClN2. The van der Waals surface area contributed by atoms with Crippen molar-refractivity contribution in [2.24, 2.45) is 5.41 Å².